The van der Waals surface area contributed by atoms with Crippen LogP contribution in [0.5, 0.6) is 0 Å². The van der Waals surface area contributed by atoms with E-state index in [0.29, 0.717) is 18.7 Å². The van der Waals surface area contributed by atoms with Gasteiger partial charge < -0.3 is 5.32 Å². The molecule has 7 heteroatoms. The van der Waals surface area contributed by atoms with Crippen LogP contribution in [0.25, 0.3) is 11.3 Å². The number of amides is 1. The number of nitro groups is 1. The van der Waals surface area contributed by atoms with Gasteiger partial charge in [0.05, 0.1) is 10.6 Å². The second kappa shape index (κ2) is 7.82. The third kappa shape index (κ3) is 4.38. The molecule has 0 saturated carbocycles. The van der Waals surface area contributed by atoms with Crippen LogP contribution in [0, 0.1) is 17.0 Å². The molecule has 1 aromatic heterocycles. The highest BCUT2D eigenvalue weighted by atomic mass is 16.6. The van der Waals surface area contributed by atoms with Gasteiger partial charge in [-0.15, -0.1) is 0 Å². The molecule has 27 heavy (non-hydrogen) atoms. The van der Waals surface area contributed by atoms with Gasteiger partial charge in [0, 0.05) is 25.7 Å². The Morgan fingerprint density at radius 2 is 1.81 bits per heavy atom. The van der Waals surface area contributed by atoms with Crippen LogP contribution < -0.4 is 5.32 Å². The minimum Gasteiger partial charge on any atom is -0.350 e. The highest BCUT2D eigenvalue weighted by Crippen LogP contribution is 2.20. The largest absolute Gasteiger partial charge is 0.350 e. The fraction of sp³-hybridized carbons (Fsp3) is 0.200. The molecule has 0 atom stereocenters. The summed E-state index contributed by atoms with van der Waals surface area (Å²) >= 11 is 0. The van der Waals surface area contributed by atoms with E-state index in [1.807, 2.05) is 38.2 Å². The summed E-state index contributed by atoms with van der Waals surface area (Å²) in [4.78, 5) is 22.6. The fourth-order valence-electron chi connectivity index (χ4n) is 2.77. The predicted molar refractivity (Wildman–Crippen MR) is 103 cm³/mol. The summed E-state index contributed by atoms with van der Waals surface area (Å²) in [5.41, 5.74) is 4.38. The minimum absolute atomic E-state index is 0.0555. The summed E-state index contributed by atoms with van der Waals surface area (Å²) in [5.74, 6) is -0.245. The van der Waals surface area contributed by atoms with Crippen molar-refractivity contribution in [1.82, 2.24) is 15.1 Å². The van der Waals surface area contributed by atoms with Crippen LogP contribution in [0.15, 0.2) is 54.6 Å². The van der Waals surface area contributed by atoms with Gasteiger partial charge in [-0.25, -0.2) is 0 Å². The average Bonchev–Trinajstić information content (AvgIpc) is 3.04. The summed E-state index contributed by atoms with van der Waals surface area (Å²) in [7, 11) is 1.81. The number of nitrogens with zero attached hydrogens (tertiary/aromatic N) is 3. The lowest BCUT2D eigenvalue weighted by molar-refractivity contribution is -0.384. The molecule has 0 bridgehead atoms. The van der Waals surface area contributed by atoms with Crippen LogP contribution >= 0.6 is 0 Å². The van der Waals surface area contributed by atoms with Crippen molar-refractivity contribution in [3.05, 3.63) is 81.5 Å². The van der Waals surface area contributed by atoms with Crippen molar-refractivity contribution in [2.75, 3.05) is 6.54 Å². The second-order valence-electron chi connectivity index (χ2n) is 6.33. The SMILES string of the molecule is Cc1ccc(-c2cc(C(=O)NCCc3ccc([N+](=O)[O-])cc3)nn2C)cc1. The van der Waals surface area contributed by atoms with Gasteiger partial charge in [-0.3, -0.25) is 19.6 Å². The Morgan fingerprint density at radius 3 is 2.44 bits per heavy atom. The Bertz CT molecular complexity index is 960. The maximum atomic E-state index is 12.4. The van der Waals surface area contributed by atoms with Crippen molar-refractivity contribution in [3.63, 3.8) is 0 Å². The molecular weight excluding hydrogens is 344 g/mol. The molecule has 0 aliphatic carbocycles. The molecule has 138 valence electrons. The summed E-state index contributed by atoms with van der Waals surface area (Å²) in [6, 6.07) is 16.1. The van der Waals surface area contributed by atoms with Crippen molar-refractivity contribution in [3.8, 4) is 11.3 Å². The lowest BCUT2D eigenvalue weighted by Crippen LogP contribution is -2.26. The number of carbonyl (C=O) groups excluding carboxylic acids is 1. The summed E-state index contributed by atoms with van der Waals surface area (Å²) in [6.45, 7) is 2.45. The highest BCUT2D eigenvalue weighted by molar-refractivity contribution is 5.93. The van der Waals surface area contributed by atoms with Crippen molar-refractivity contribution in [2.24, 2.45) is 7.05 Å². The first-order valence-corrected chi connectivity index (χ1v) is 8.56. The molecule has 0 aliphatic rings. The molecule has 0 unspecified atom stereocenters. The van der Waals surface area contributed by atoms with Crippen LogP contribution in [0.4, 0.5) is 5.69 Å². The Hall–Kier alpha value is -3.48. The standard InChI is InChI=1S/C20H20N4O3/c1-14-3-7-16(8-4-14)19-13-18(22-23(19)2)20(25)21-12-11-15-5-9-17(10-6-15)24(26)27/h3-10,13H,11-12H2,1-2H3,(H,21,25). The molecule has 1 heterocycles. The summed E-state index contributed by atoms with van der Waals surface area (Å²) < 4.78 is 1.69. The zero-order valence-corrected chi connectivity index (χ0v) is 15.2. The number of non-ortho nitro benzene ring substituents is 1. The first-order valence-electron chi connectivity index (χ1n) is 8.56. The Labute approximate surface area is 156 Å². The predicted octanol–water partition coefficient (Wildman–Crippen LogP) is 3.28. The van der Waals surface area contributed by atoms with E-state index < -0.39 is 4.92 Å². The van der Waals surface area contributed by atoms with E-state index in [1.165, 1.54) is 17.7 Å². The summed E-state index contributed by atoms with van der Waals surface area (Å²) in [5, 5.41) is 17.8. The molecule has 7 nitrogen and oxygen atoms in total. The van der Waals surface area contributed by atoms with Gasteiger partial charge in [-0.2, -0.15) is 5.10 Å². The van der Waals surface area contributed by atoms with Crippen molar-refractivity contribution < 1.29 is 9.72 Å². The van der Waals surface area contributed by atoms with Crippen molar-refractivity contribution >= 4 is 11.6 Å². The van der Waals surface area contributed by atoms with Gasteiger partial charge in [0.25, 0.3) is 11.6 Å². The van der Waals surface area contributed by atoms with E-state index in [0.717, 1.165) is 16.8 Å². The molecule has 1 amide bonds. The summed E-state index contributed by atoms with van der Waals surface area (Å²) in [6.07, 6.45) is 0.585. The molecular formula is C20H20N4O3. The Balaban J connectivity index is 1.60. The number of hydrogen-bond acceptors (Lipinski definition) is 4. The minimum atomic E-state index is -0.432. The third-order valence-electron chi connectivity index (χ3n) is 4.31. The molecule has 3 aromatic rings. The monoisotopic (exact) mass is 364 g/mol. The Kier molecular flexibility index (Phi) is 5.30. The number of aryl methyl sites for hydroxylation is 2. The third-order valence-corrected chi connectivity index (χ3v) is 4.31. The van der Waals surface area contributed by atoms with Crippen molar-refractivity contribution in [1.29, 1.82) is 0 Å². The lowest BCUT2D eigenvalue weighted by atomic mass is 10.1. The van der Waals surface area contributed by atoms with Crippen LogP contribution in [0.3, 0.4) is 0 Å². The van der Waals surface area contributed by atoms with E-state index in [1.54, 1.807) is 22.9 Å². The number of carbonyl (C=O) groups is 1. The van der Waals surface area contributed by atoms with Crippen LogP contribution in [-0.2, 0) is 13.5 Å². The van der Waals surface area contributed by atoms with Gasteiger partial charge in [0.15, 0.2) is 5.69 Å². The van der Waals surface area contributed by atoms with E-state index >= 15 is 0 Å². The zero-order valence-electron chi connectivity index (χ0n) is 15.2. The maximum absolute atomic E-state index is 12.4. The van der Waals surface area contributed by atoms with Crippen LogP contribution in [0.2, 0.25) is 0 Å². The molecule has 2 aromatic carbocycles. The van der Waals surface area contributed by atoms with E-state index in [2.05, 4.69) is 10.4 Å². The maximum Gasteiger partial charge on any atom is 0.271 e. The number of nitro benzene ring substituents is 1. The first-order chi connectivity index (χ1) is 12.9. The van der Waals surface area contributed by atoms with E-state index in [-0.39, 0.29) is 11.6 Å². The molecule has 0 aliphatic heterocycles. The lowest BCUT2D eigenvalue weighted by Gasteiger charge is -2.03. The normalized spacial score (nSPS) is 10.6. The van der Waals surface area contributed by atoms with Gasteiger partial charge in [0.1, 0.15) is 0 Å². The number of benzene rings is 2. The first kappa shape index (κ1) is 18.3. The second-order valence-corrected chi connectivity index (χ2v) is 6.33. The number of hydrogen-bond donors (Lipinski definition) is 1. The van der Waals surface area contributed by atoms with E-state index in [4.69, 9.17) is 0 Å². The molecule has 1 N–H and O–H groups in total. The molecule has 0 radical (unpaired) electrons. The fourth-order valence-corrected chi connectivity index (χ4v) is 2.77. The number of nitrogens with one attached hydrogen (secondary N) is 1. The van der Waals surface area contributed by atoms with Gasteiger partial charge in [-0.1, -0.05) is 42.0 Å². The van der Waals surface area contributed by atoms with Gasteiger partial charge >= 0.3 is 0 Å². The smallest absolute Gasteiger partial charge is 0.271 e. The molecule has 0 fully saturated rings. The number of rotatable bonds is 6. The highest BCUT2D eigenvalue weighted by Gasteiger charge is 2.13. The average molecular weight is 364 g/mol. The Morgan fingerprint density at radius 1 is 1.15 bits per heavy atom. The quantitative estimate of drug-likeness (QED) is 0.537. The molecule has 3 rings (SSSR count). The van der Waals surface area contributed by atoms with Crippen molar-refractivity contribution in [2.45, 2.75) is 13.3 Å². The number of aromatic nitrogens is 2. The van der Waals surface area contributed by atoms with Crippen LogP contribution in [0.1, 0.15) is 21.6 Å². The topological polar surface area (TPSA) is 90.1 Å². The van der Waals surface area contributed by atoms with E-state index in [9.17, 15) is 14.9 Å². The van der Waals surface area contributed by atoms with Gasteiger partial charge in [0.2, 0.25) is 0 Å². The molecule has 0 saturated heterocycles. The molecule has 0 spiro atoms. The van der Waals surface area contributed by atoms with Gasteiger partial charge in [-0.05, 0) is 30.5 Å². The van der Waals surface area contributed by atoms with Crippen LogP contribution in [-0.4, -0.2) is 27.2 Å². The zero-order chi connectivity index (χ0) is 19.4.